The highest BCUT2D eigenvalue weighted by Gasteiger charge is 2.53. The van der Waals surface area contributed by atoms with Crippen molar-refractivity contribution in [2.24, 2.45) is 0 Å². The Balaban J connectivity index is 1.90. The maximum absolute atomic E-state index is 10.2. The number of aliphatic hydroxyl groups is 4. The maximum atomic E-state index is 10.2. The summed E-state index contributed by atoms with van der Waals surface area (Å²) in [6.07, 6.45) is -4.35. The quantitative estimate of drug-likeness (QED) is 0.553. The predicted octanol–water partition coefficient (Wildman–Crippen LogP) is 0.544. The van der Waals surface area contributed by atoms with Gasteiger partial charge in [0.05, 0.1) is 18.3 Å². The van der Waals surface area contributed by atoms with Crippen LogP contribution in [0.1, 0.15) is 0 Å². The minimum absolute atomic E-state index is 0.320. The van der Waals surface area contributed by atoms with Crippen LogP contribution in [0, 0.1) is 0 Å². The van der Waals surface area contributed by atoms with E-state index < -0.39 is 35.7 Å². The summed E-state index contributed by atoms with van der Waals surface area (Å²) in [5.74, 6) is 0.320. The average Bonchev–Trinajstić information content (AvgIpc) is 2.86. The lowest BCUT2D eigenvalue weighted by Crippen LogP contribution is -2.64. The number of ether oxygens (including phenoxy) is 2. The topological polar surface area (TPSA) is 104 Å². The molecule has 0 unspecified atom stereocenters. The van der Waals surface area contributed by atoms with Crippen molar-refractivity contribution < 1.29 is 29.9 Å². The third kappa shape index (κ3) is 2.85. The molecule has 23 heavy (non-hydrogen) atoms. The zero-order valence-corrected chi connectivity index (χ0v) is 14.1. The van der Waals surface area contributed by atoms with Gasteiger partial charge in [-0.05, 0) is 28.1 Å². The van der Waals surface area contributed by atoms with E-state index in [-0.39, 0.29) is 0 Å². The lowest BCUT2D eigenvalue weighted by atomic mass is 9.99. The summed E-state index contributed by atoms with van der Waals surface area (Å²) in [6, 6.07) is 7.15. The first kappa shape index (κ1) is 17.0. The van der Waals surface area contributed by atoms with Crippen LogP contribution in [0.3, 0.4) is 0 Å². The van der Waals surface area contributed by atoms with Gasteiger partial charge in [-0.25, -0.2) is 0 Å². The van der Waals surface area contributed by atoms with Crippen molar-refractivity contribution in [3.05, 3.63) is 30.5 Å². The molecule has 126 valence electrons. The first-order chi connectivity index (χ1) is 10.9. The summed E-state index contributed by atoms with van der Waals surface area (Å²) >= 11 is 9.03. The van der Waals surface area contributed by atoms with Gasteiger partial charge >= 0.3 is 0 Å². The van der Waals surface area contributed by atoms with Crippen molar-refractivity contribution in [2.45, 2.75) is 29.1 Å². The smallest absolute Gasteiger partial charge is 0.196 e. The Kier molecular flexibility index (Phi) is 4.58. The molecule has 1 saturated heterocycles. The Hall–Kier alpha value is -0.870. The molecule has 0 amide bonds. The number of nitrogens with zero attached hydrogens (tertiary/aromatic N) is 1. The number of hydrogen-bond acceptors (Lipinski definition) is 6. The fraction of sp³-hybridized carbons (Fsp3) is 0.429. The van der Waals surface area contributed by atoms with Crippen molar-refractivity contribution >= 4 is 38.6 Å². The van der Waals surface area contributed by atoms with Gasteiger partial charge in [0.15, 0.2) is 16.9 Å². The number of halogens is 2. The van der Waals surface area contributed by atoms with Crippen LogP contribution in [0.4, 0.5) is 0 Å². The third-order valence-corrected chi connectivity index (χ3v) is 4.99. The zero-order valence-electron chi connectivity index (χ0n) is 11.7. The highest BCUT2D eigenvalue weighted by atomic mass is 79.9. The fourth-order valence-electron chi connectivity index (χ4n) is 2.55. The molecular formula is C14H15BrClNO6. The SMILES string of the molecule is OC[C@@]1(Br)O[C@H](O)[C@H](Oc2cn(Cl)c3ccccc23)[C@@H](O)[C@H]1O. The van der Waals surface area contributed by atoms with Crippen molar-refractivity contribution in [2.75, 3.05) is 6.61 Å². The maximum Gasteiger partial charge on any atom is 0.196 e. The molecule has 0 saturated carbocycles. The molecule has 9 heteroatoms. The number of hydrogen-bond donors (Lipinski definition) is 4. The lowest BCUT2D eigenvalue weighted by Gasteiger charge is -2.44. The second kappa shape index (κ2) is 6.21. The molecule has 3 rings (SSSR count). The van der Waals surface area contributed by atoms with Gasteiger partial charge in [0.25, 0.3) is 0 Å². The molecule has 1 fully saturated rings. The van der Waals surface area contributed by atoms with E-state index in [1.807, 2.05) is 6.07 Å². The van der Waals surface area contributed by atoms with Crippen molar-refractivity contribution in [1.82, 2.24) is 4.09 Å². The lowest BCUT2D eigenvalue weighted by molar-refractivity contribution is -0.290. The molecule has 4 N–H and O–H groups in total. The number of benzene rings is 1. The molecular weight excluding hydrogens is 394 g/mol. The average molecular weight is 409 g/mol. The van der Waals surface area contributed by atoms with Crippen molar-refractivity contribution in [1.29, 1.82) is 0 Å². The number of alkyl halides is 1. The van der Waals surface area contributed by atoms with E-state index in [0.29, 0.717) is 16.7 Å². The molecule has 7 nitrogen and oxygen atoms in total. The minimum Gasteiger partial charge on any atom is -0.480 e. The van der Waals surface area contributed by atoms with Crippen LogP contribution in [-0.4, -0.2) is 60.2 Å². The van der Waals surface area contributed by atoms with E-state index in [4.69, 9.17) is 21.3 Å². The molecule has 0 spiro atoms. The largest absolute Gasteiger partial charge is 0.480 e. The summed E-state index contributed by atoms with van der Waals surface area (Å²) in [6.45, 7) is -0.643. The van der Waals surface area contributed by atoms with E-state index in [1.54, 1.807) is 18.2 Å². The van der Waals surface area contributed by atoms with Crippen LogP contribution >= 0.6 is 27.7 Å². The van der Waals surface area contributed by atoms with Crippen LogP contribution < -0.4 is 4.74 Å². The summed E-state index contributed by atoms with van der Waals surface area (Å²) in [4.78, 5) is 0. The molecule has 2 aromatic rings. The van der Waals surface area contributed by atoms with Gasteiger partial charge in [-0.3, -0.25) is 4.09 Å². The van der Waals surface area contributed by atoms with E-state index in [9.17, 15) is 20.4 Å². The normalized spacial score (nSPS) is 34.7. The standard InChI is InChI=1S/C14H15BrClNO6/c15-14(6-18)12(20)10(19)11(13(21)23-14)22-9-5-17(16)8-4-2-1-3-7(8)9/h1-5,10-13,18-21H,6H2/t10-,11-,12-,13+,14-/m1/s1. The Bertz CT molecular complexity index is 712. The Morgan fingerprint density at radius 1 is 1.30 bits per heavy atom. The van der Waals surface area contributed by atoms with Crippen molar-refractivity contribution in [3.63, 3.8) is 0 Å². The van der Waals surface area contributed by atoms with Crippen LogP contribution in [0.2, 0.25) is 0 Å². The highest BCUT2D eigenvalue weighted by Crippen LogP contribution is 2.37. The Morgan fingerprint density at radius 3 is 2.70 bits per heavy atom. The molecule has 0 bridgehead atoms. The number of para-hydroxylation sites is 1. The molecule has 1 aromatic carbocycles. The fourth-order valence-corrected chi connectivity index (χ4v) is 3.25. The molecule has 5 atom stereocenters. The van der Waals surface area contributed by atoms with Crippen LogP contribution in [0.25, 0.3) is 10.9 Å². The number of aromatic nitrogens is 1. The second-order valence-electron chi connectivity index (χ2n) is 5.29. The van der Waals surface area contributed by atoms with Gasteiger partial charge < -0.3 is 29.9 Å². The molecule has 1 aromatic heterocycles. The summed E-state index contributed by atoms with van der Waals surface area (Å²) in [5.41, 5.74) is 0.690. The van der Waals surface area contributed by atoms with Crippen molar-refractivity contribution in [3.8, 4) is 5.75 Å². The van der Waals surface area contributed by atoms with Gasteiger partial charge in [0.1, 0.15) is 18.0 Å². The summed E-state index contributed by atoms with van der Waals surface area (Å²) < 4.78 is 10.5. The number of rotatable bonds is 3. The number of fused-ring (bicyclic) bond motifs is 1. The summed E-state index contributed by atoms with van der Waals surface area (Å²) in [7, 11) is 0. The molecule has 1 aliphatic rings. The first-order valence-corrected chi connectivity index (χ1v) is 7.95. The van der Waals surface area contributed by atoms with E-state index >= 15 is 0 Å². The predicted molar refractivity (Wildman–Crippen MR) is 85.5 cm³/mol. The molecule has 0 radical (unpaired) electrons. The molecule has 1 aliphatic heterocycles. The monoisotopic (exact) mass is 407 g/mol. The van der Waals surface area contributed by atoms with E-state index in [1.165, 1.54) is 10.3 Å². The summed E-state index contributed by atoms with van der Waals surface area (Å²) in [5, 5.41) is 40.3. The van der Waals surface area contributed by atoms with Gasteiger partial charge in [-0.2, -0.15) is 0 Å². The van der Waals surface area contributed by atoms with Crippen LogP contribution in [0.5, 0.6) is 5.75 Å². The Morgan fingerprint density at radius 2 is 2.00 bits per heavy atom. The third-order valence-electron chi connectivity index (χ3n) is 3.81. The number of aliphatic hydroxyl groups excluding tert-OH is 4. The first-order valence-electron chi connectivity index (χ1n) is 6.82. The van der Waals surface area contributed by atoms with E-state index in [2.05, 4.69) is 15.9 Å². The molecule has 0 aliphatic carbocycles. The minimum atomic E-state index is -1.66. The highest BCUT2D eigenvalue weighted by molar-refractivity contribution is 9.10. The van der Waals surface area contributed by atoms with Gasteiger partial charge in [-0.1, -0.05) is 12.1 Å². The molecule has 2 heterocycles. The van der Waals surface area contributed by atoms with Crippen LogP contribution in [0.15, 0.2) is 30.5 Å². The van der Waals surface area contributed by atoms with E-state index in [0.717, 1.165) is 0 Å². The van der Waals surface area contributed by atoms with Gasteiger partial charge in [-0.15, -0.1) is 0 Å². The zero-order chi connectivity index (χ0) is 16.8. The van der Waals surface area contributed by atoms with Crippen LogP contribution in [-0.2, 0) is 4.74 Å². The van der Waals surface area contributed by atoms with Gasteiger partial charge in [0.2, 0.25) is 0 Å². The second-order valence-corrected chi connectivity index (χ2v) is 7.00. The van der Waals surface area contributed by atoms with Gasteiger partial charge in [0, 0.05) is 17.2 Å². The Labute approximate surface area is 144 Å².